The zero-order valence-corrected chi connectivity index (χ0v) is 33.9. The van der Waals surface area contributed by atoms with E-state index >= 15 is 0 Å². The van der Waals surface area contributed by atoms with Gasteiger partial charge in [0.25, 0.3) is 0 Å². The summed E-state index contributed by atoms with van der Waals surface area (Å²) in [7, 11) is 0. The second-order valence-corrected chi connectivity index (χ2v) is 16.0. The van der Waals surface area contributed by atoms with Crippen LogP contribution in [-0.2, 0) is 5.41 Å². The van der Waals surface area contributed by atoms with E-state index in [1.165, 1.54) is 44.2 Å². The van der Waals surface area contributed by atoms with Crippen molar-refractivity contribution in [2.45, 2.75) is 5.41 Å². The summed E-state index contributed by atoms with van der Waals surface area (Å²) >= 11 is 0. The predicted octanol–water partition coefficient (Wildman–Crippen LogP) is 15.9. The standard InChI is InChI=1S/C59H40N2O/c1-4-18-41(19-5-1)43-34-37-47(38-35-43)60(45-22-6-2-7-23-45)55-32-17-30-53-58(55)62-56-33-15-14-28-51(56)59(53)50-27-13-12-26-49(50)57-52(59)29-16-31-54(57)61(46-24-8-3-9-25-46)48-39-36-42-20-10-11-21-44(42)40-48/h1-40H. The van der Waals surface area contributed by atoms with Crippen LogP contribution in [0.25, 0.3) is 33.0 Å². The van der Waals surface area contributed by atoms with Crippen LogP contribution >= 0.6 is 0 Å². The van der Waals surface area contributed by atoms with Crippen molar-refractivity contribution in [1.29, 1.82) is 0 Å². The van der Waals surface area contributed by atoms with Crippen molar-refractivity contribution in [3.63, 3.8) is 0 Å². The highest BCUT2D eigenvalue weighted by atomic mass is 16.5. The first-order valence-corrected chi connectivity index (χ1v) is 21.3. The molecule has 3 nitrogen and oxygen atoms in total. The second kappa shape index (κ2) is 14.5. The first-order valence-electron chi connectivity index (χ1n) is 21.3. The highest BCUT2D eigenvalue weighted by Crippen LogP contribution is 2.65. The van der Waals surface area contributed by atoms with E-state index in [9.17, 15) is 0 Å². The highest BCUT2D eigenvalue weighted by molar-refractivity contribution is 6.00. The Bertz CT molecular complexity index is 3270. The molecule has 1 heterocycles. The van der Waals surface area contributed by atoms with E-state index in [0.29, 0.717) is 0 Å². The Morgan fingerprint density at radius 1 is 0.323 bits per heavy atom. The Morgan fingerprint density at radius 2 is 0.839 bits per heavy atom. The van der Waals surface area contributed by atoms with E-state index in [-0.39, 0.29) is 0 Å². The molecule has 0 saturated carbocycles. The molecule has 0 amide bonds. The van der Waals surface area contributed by atoms with Crippen molar-refractivity contribution < 1.29 is 4.74 Å². The second-order valence-electron chi connectivity index (χ2n) is 16.0. The highest BCUT2D eigenvalue weighted by Gasteiger charge is 2.52. The van der Waals surface area contributed by atoms with Gasteiger partial charge in [-0.3, -0.25) is 0 Å². The number of rotatable bonds is 7. The number of para-hydroxylation sites is 4. The van der Waals surface area contributed by atoms with Crippen LogP contribution in [0.4, 0.5) is 34.1 Å². The Morgan fingerprint density at radius 3 is 1.58 bits per heavy atom. The number of ether oxygens (including phenoxy) is 1. The van der Waals surface area contributed by atoms with Gasteiger partial charge in [0, 0.05) is 39.4 Å². The van der Waals surface area contributed by atoms with E-state index in [2.05, 4.69) is 252 Å². The van der Waals surface area contributed by atoms with Gasteiger partial charge in [-0.2, -0.15) is 0 Å². The van der Waals surface area contributed by atoms with Gasteiger partial charge in [0.1, 0.15) is 5.75 Å². The fourth-order valence-electron chi connectivity index (χ4n) is 10.1. The number of nitrogens with zero attached hydrogens (tertiary/aromatic N) is 2. The van der Waals surface area contributed by atoms with E-state index in [4.69, 9.17) is 4.74 Å². The molecule has 12 rings (SSSR count). The van der Waals surface area contributed by atoms with E-state index in [0.717, 1.165) is 56.8 Å². The van der Waals surface area contributed by atoms with Gasteiger partial charge >= 0.3 is 0 Å². The largest absolute Gasteiger partial charge is 0.454 e. The minimum Gasteiger partial charge on any atom is -0.454 e. The summed E-state index contributed by atoms with van der Waals surface area (Å²) < 4.78 is 7.25. The Labute approximate surface area is 362 Å². The molecule has 1 aliphatic heterocycles. The van der Waals surface area contributed by atoms with Crippen molar-refractivity contribution in [2.75, 3.05) is 9.80 Å². The summed E-state index contributed by atoms with van der Waals surface area (Å²) in [5.41, 5.74) is 15.2. The lowest BCUT2D eigenvalue weighted by Gasteiger charge is -2.41. The summed E-state index contributed by atoms with van der Waals surface area (Å²) in [6.07, 6.45) is 0. The molecule has 2 aliphatic rings. The topological polar surface area (TPSA) is 15.7 Å². The summed E-state index contributed by atoms with van der Waals surface area (Å²) in [4.78, 5) is 4.77. The first kappa shape index (κ1) is 35.8. The molecule has 1 aliphatic carbocycles. The van der Waals surface area contributed by atoms with Gasteiger partial charge in [0.05, 0.1) is 16.8 Å². The molecule has 1 atom stereocenters. The van der Waals surface area contributed by atoms with Gasteiger partial charge in [-0.1, -0.05) is 176 Å². The molecular weight excluding hydrogens is 753 g/mol. The summed E-state index contributed by atoms with van der Waals surface area (Å²) in [6, 6.07) is 87.4. The van der Waals surface area contributed by atoms with Crippen LogP contribution in [0.5, 0.6) is 11.5 Å². The number of hydrogen-bond donors (Lipinski definition) is 0. The van der Waals surface area contributed by atoms with Gasteiger partial charge in [0.15, 0.2) is 5.75 Å². The minimum absolute atomic E-state index is 0.687. The Balaban J connectivity index is 1.11. The maximum Gasteiger partial charge on any atom is 0.156 e. The minimum atomic E-state index is -0.687. The first-order chi connectivity index (χ1) is 30.8. The monoisotopic (exact) mass is 792 g/mol. The molecular formula is C59H40N2O. The van der Waals surface area contributed by atoms with Crippen LogP contribution in [0.2, 0.25) is 0 Å². The van der Waals surface area contributed by atoms with Gasteiger partial charge in [-0.15, -0.1) is 0 Å². The van der Waals surface area contributed by atoms with Crippen LogP contribution in [0.15, 0.2) is 243 Å². The fraction of sp³-hybridized carbons (Fsp3) is 0.0169. The third kappa shape index (κ3) is 5.52. The van der Waals surface area contributed by atoms with E-state index < -0.39 is 5.41 Å². The number of fused-ring (bicyclic) bond motifs is 10. The van der Waals surface area contributed by atoms with Crippen molar-refractivity contribution in [3.8, 4) is 33.8 Å². The van der Waals surface area contributed by atoms with Crippen molar-refractivity contribution in [3.05, 3.63) is 265 Å². The van der Waals surface area contributed by atoms with Crippen LogP contribution in [0.3, 0.4) is 0 Å². The molecule has 0 saturated heterocycles. The normalized spacial score (nSPS) is 14.3. The lowest BCUT2D eigenvalue weighted by atomic mass is 9.66. The van der Waals surface area contributed by atoms with E-state index in [1.807, 2.05) is 0 Å². The number of anilines is 6. The molecule has 0 radical (unpaired) electrons. The maximum absolute atomic E-state index is 7.25. The van der Waals surface area contributed by atoms with Crippen molar-refractivity contribution in [1.82, 2.24) is 0 Å². The Kier molecular flexibility index (Phi) is 8.39. The van der Waals surface area contributed by atoms with Gasteiger partial charge in [0.2, 0.25) is 0 Å². The molecule has 1 spiro atoms. The summed E-state index contributed by atoms with van der Waals surface area (Å²) in [5.74, 6) is 1.69. The molecule has 292 valence electrons. The lowest BCUT2D eigenvalue weighted by molar-refractivity contribution is 0.437. The van der Waals surface area contributed by atoms with Crippen molar-refractivity contribution >= 4 is 44.9 Å². The van der Waals surface area contributed by atoms with Gasteiger partial charge in [-0.05, 0) is 105 Å². The molecule has 0 bridgehead atoms. The average molecular weight is 793 g/mol. The molecule has 3 heteroatoms. The maximum atomic E-state index is 7.25. The molecule has 62 heavy (non-hydrogen) atoms. The zero-order valence-electron chi connectivity index (χ0n) is 33.9. The van der Waals surface area contributed by atoms with E-state index in [1.54, 1.807) is 0 Å². The van der Waals surface area contributed by atoms with Crippen LogP contribution in [0, 0.1) is 0 Å². The molecule has 10 aromatic carbocycles. The predicted molar refractivity (Wildman–Crippen MR) is 256 cm³/mol. The third-order valence-corrected chi connectivity index (χ3v) is 12.7. The molecule has 0 aromatic heterocycles. The molecule has 0 fully saturated rings. The number of benzene rings is 10. The zero-order chi connectivity index (χ0) is 41.0. The smallest absolute Gasteiger partial charge is 0.156 e. The van der Waals surface area contributed by atoms with Crippen LogP contribution in [-0.4, -0.2) is 0 Å². The molecule has 1 unspecified atom stereocenters. The Hall–Kier alpha value is -8.14. The molecule has 0 N–H and O–H groups in total. The summed E-state index contributed by atoms with van der Waals surface area (Å²) in [5, 5.41) is 2.42. The molecule has 10 aromatic rings. The van der Waals surface area contributed by atoms with Gasteiger partial charge < -0.3 is 14.5 Å². The van der Waals surface area contributed by atoms with Crippen molar-refractivity contribution in [2.24, 2.45) is 0 Å². The van der Waals surface area contributed by atoms with Crippen LogP contribution in [0.1, 0.15) is 22.3 Å². The lowest BCUT2D eigenvalue weighted by Crippen LogP contribution is -2.32. The SMILES string of the molecule is c1ccc(-c2ccc(N(c3ccccc3)c3cccc4c3Oc3ccccc3C43c4ccccc4-c4c(N(c5ccccc5)c5ccc6ccccc6c5)cccc43)cc2)cc1. The fourth-order valence-corrected chi connectivity index (χ4v) is 10.1. The van der Waals surface area contributed by atoms with Crippen LogP contribution < -0.4 is 14.5 Å². The summed E-state index contributed by atoms with van der Waals surface area (Å²) in [6.45, 7) is 0. The average Bonchev–Trinajstić information content (AvgIpc) is 3.64. The quantitative estimate of drug-likeness (QED) is 0.160. The number of hydrogen-bond acceptors (Lipinski definition) is 3. The van der Waals surface area contributed by atoms with Gasteiger partial charge in [-0.25, -0.2) is 0 Å². The third-order valence-electron chi connectivity index (χ3n) is 12.7.